The number of rotatable bonds is 5. The largest absolute Gasteiger partial charge is 0.497 e. The molecule has 1 unspecified atom stereocenters. The van der Waals surface area contributed by atoms with Gasteiger partial charge in [-0.05, 0) is 49.9 Å². The van der Waals surface area contributed by atoms with Gasteiger partial charge in [0.15, 0.2) is 0 Å². The van der Waals surface area contributed by atoms with Gasteiger partial charge in [0.25, 0.3) is 0 Å². The summed E-state index contributed by atoms with van der Waals surface area (Å²) in [6.07, 6.45) is 4.48. The van der Waals surface area contributed by atoms with Crippen molar-refractivity contribution in [2.45, 2.75) is 38.3 Å². The van der Waals surface area contributed by atoms with Crippen LogP contribution in [-0.2, 0) is 11.3 Å². The fourth-order valence-corrected chi connectivity index (χ4v) is 3.28. The highest BCUT2D eigenvalue weighted by Crippen LogP contribution is 2.32. The first-order valence-corrected chi connectivity index (χ1v) is 8.29. The number of hydrogen-bond acceptors (Lipinski definition) is 3. The number of carbonyl (C=O) groups is 1. The van der Waals surface area contributed by atoms with Gasteiger partial charge >= 0.3 is 0 Å². The molecular formula is C18H26N2O2. The molecule has 22 heavy (non-hydrogen) atoms. The molecule has 2 fully saturated rings. The van der Waals surface area contributed by atoms with E-state index in [2.05, 4.69) is 17.0 Å². The van der Waals surface area contributed by atoms with Crippen LogP contribution in [0, 0.1) is 5.92 Å². The summed E-state index contributed by atoms with van der Waals surface area (Å²) < 4.78 is 5.20. The first-order chi connectivity index (χ1) is 10.7. The Morgan fingerprint density at radius 2 is 2.00 bits per heavy atom. The molecular weight excluding hydrogens is 276 g/mol. The molecule has 1 aliphatic carbocycles. The Morgan fingerprint density at radius 1 is 1.27 bits per heavy atom. The third-order valence-electron chi connectivity index (χ3n) is 4.87. The minimum absolute atomic E-state index is 0.321. The number of carbonyl (C=O) groups excluding carboxylic acids is 1. The lowest BCUT2D eigenvalue weighted by molar-refractivity contribution is -0.134. The van der Waals surface area contributed by atoms with E-state index in [-0.39, 0.29) is 0 Å². The average molecular weight is 302 g/mol. The highest BCUT2D eigenvalue weighted by Gasteiger charge is 2.35. The van der Waals surface area contributed by atoms with Gasteiger partial charge in [-0.2, -0.15) is 0 Å². The lowest BCUT2D eigenvalue weighted by Gasteiger charge is -2.37. The number of ether oxygens (including phenoxy) is 1. The maximum atomic E-state index is 12.2. The van der Waals surface area contributed by atoms with Crippen LogP contribution in [0.15, 0.2) is 24.3 Å². The van der Waals surface area contributed by atoms with Gasteiger partial charge in [0.05, 0.1) is 7.11 Å². The Hall–Kier alpha value is -1.55. The Labute approximate surface area is 133 Å². The lowest BCUT2D eigenvalue weighted by Crippen LogP contribution is -2.48. The van der Waals surface area contributed by atoms with Crippen LogP contribution in [0.25, 0.3) is 0 Å². The molecule has 2 aliphatic rings. The first-order valence-electron chi connectivity index (χ1n) is 8.29. The number of amides is 1. The van der Waals surface area contributed by atoms with Crippen molar-refractivity contribution in [1.82, 2.24) is 9.80 Å². The monoisotopic (exact) mass is 302 g/mol. The predicted octanol–water partition coefficient (Wildman–Crippen LogP) is 2.53. The molecule has 1 aromatic carbocycles. The van der Waals surface area contributed by atoms with Crippen molar-refractivity contribution in [1.29, 1.82) is 0 Å². The molecule has 1 heterocycles. The molecule has 4 heteroatoms. The number of nitrogens with zero attached hydrogens (tertiary/aromatic N) is 2. The summed E-state index contributed by atoms with van der Waals surface area (Å²) in [5, 5.41) is 0. The van der Waals surface area contributed by atoms with Gasteiger partial charge in [-0.25, -0.2) is 0 Å². The van der Waals surface area contributed by atoms with Gasteiger partial charge in [0.2, 0.25) is 5.91 Å². The van der Waals surface area contributed by atoms with E-state index in [1.165, 1.54) is 12.0 Å². The van der Waals surface area contributed by atoms with Gasteiger partial charge < -0.3 is 9.64 Å². The van der Waals surface area contributed by atoms with E-state index < -0.39 is 0 Å². The highest BCUT2D eigenvalue weighted by atomic mass is 16.5. The molecule has 120 valence electrons. The van der Waals surface area contributed by atoms with Crippen LogP contribution < -0.4 is 4.74 Å². The van der Waals surface area contributed by atoms with E-state index in [0.29, 0.717) is 17.9 Å². The molecule has 0 bridgehead atoms. The molecule has 1 atom stereocenters. The molecule has 1 aromatic rings. The predicted molar refractivity (Wildman–Crippen MR) is 86.8 cm³/mol. The van der Waals surface area contributed by atoms with Crippen molar-refractivity contribution in [3.8, 4) is 5.75 Å². The average Bonchev–Trinajstić information content (AvgIpc) is 3.39. The number of methoxy groups -OCH3 is 1. The molecule has 0 spiro atoms. The molecule has 0 aromatic heterocycles. The highest BCUT2D eigenvalue weighted by molar-refractivity contribution is 5.81. The van der Waals surface area contributed by atoms with E-state index in [1.54, 1.807) is 7.11 Å². The third-order valence-corrected chi connectivity index (χ3v) is 4.87. The van der Waals surface area contributed by atoms with Gasteiger partial charge in [-0.1, -0.05) is 12.1 Å². The second-order valence-corrected chi connectivity index (χ2v) is 6.60. The van der Waals surface area contributed by atoms with Crippen molar-refractivity contribution >= 4 is 5.91 Å². The lowest BCUT2D eigenvalue weighted by atomic mass is 10.0. The number of hydrogen-bond donors (Lipinski definition) is 0. The summed E-state index contributed by atoms with van der Waals surface area (Å²) >= 11 is 0. The standard InChI is InChI=1S/C18H26N2O2/c1-19(18(21)15-7-8-15)16-4-3-11-20(13-16)12-14-5-9-17(22-2)10-6-14/h5-6,9-10,15-16H,3-4,7-8,11-13H2,1-2H3. The molecule has 1 amide bonds. The number of likely N-dealkylation sites (tertiary alicyclic amines) is 1. The zero-order valence-corrected chi connectivity index (χ0v) is 13.6. The normalized spacial score (nSPS) is 22.4. The van der Waals surface area contributed by atoms with Crippen LogP contribution >= 0.6 is 0 Å². The van der Waals surface area contributed by atoms with Gasteiger partial charge in [0.1, 0.15) is 5.75 Å². The van der Waals surface area contributed by atoms with Crippen LogP contribution in [-0.4, -0.2) is 49.0 Å². The molecule has 1 saturated heterocycles. The number of benzene rings is 1. The molecule has 1 aliphatic heterocycles. The van der Waals surface area contributed by atoms with Crippen LogP contribution in [0.5, 0.6) is 5.75 Å². The van der Waals surface area contributed by atoms with E-state index in [1.807, 2.05) is 24.1 Å². The van der Waals surface area contributed by atoms with Crippen molar-refractivity contribution in [3.05, 3.63) is 29.8 Å². The summed E-state index contributed by atoms with van der Waals surface area (Å²) in [6.45, 7) is 3.06. The quantitative estimate of drug-likeness (QED) is 0.838. The van der Waals surface area contributed by atoms with Gasteiger partial charge in [-0.3, -0.25) is 9.69 Å². The molecule has 0 radical (unpaired) electrons. The van der Waals surface area contributed by atoms with Crippen molar-refractivity contribution in [3.63, 3.8) is 0 Å². The Balaban J connectivity index is 1.56. The van der Waals surface area contributed by atoms with E-state index in [0.717, 1.165) is 44.6 Å². The van der Waals surface area contributed by atoms with Crippen molar-refractivity contribution in [2.75, 3.05) is 27.2 Å². The first kappa shape index (κ1) is 15.3. The zero-order valence-electron chi connectivity index (χ0n) is 13.6. The smallest absolute Gasteiger partial charge is 0.225 e. The Bertz CT molecular complexity index is 510. The molecule has 3 rings (SSSR count). The maximum absolute atomic E-state index is 12.2. The fraction of sp³-hybridized carbons (Fsp3) is 0.611. The second-order valence-electron chi connectivity index (χ2n) is 6.60. The number of piperidine rings is 1. The summed E-state index contributed by atoms with van der Waals surface area (Å²) in [7, 11) is 3.68. The topological polar surface area (TPSA) is 32.8 Å². The minimum Gasteiger partial charge on any atom is -0.497 e. The van der Waals surface area contributed by atoms with Gasteiger partial charge in [-0.15, -0.1) is 0 Å². The molecule has 0 N–H and O–H groups in total. The van der Waals surface area contributed by atoms with Crippen LogP contribution in [0.3, 0.4) is 0 Å². The van der Waals surface area contributed by atoms with E-state index >= 15 is 0 Å². The second kappa shape index (κ2) is 6.69. The molecule has 1 saturated carbocycles. The Kier molecular flexibility index (Phi) is 4.67. The summed E-state index contributed by atoms with van der Waals surface area (Å²) in [5.74, 6) is 1.58. The fourth-order valence-electron chi connectivity index (χ4n) is 3.28. The van der Waals surface area contributed by atoms with Gasteiger partial charge in [0, 0.05) is 32.1 Å². The van der Waals surface area contributed by atoms with Crippen LogP contribution in [0.2, 0.25) is 0 Å². The van der Waals surface area contributed by atoms with E-state index in [4.69, 9.17) is 4.74 Å². The zero-order chi connectivity index (χ0) is 15.5. The van der Waals surface area contributed by atoms with Crippen molar-refractivity contribution in [2.24, 2.45) is 5.92 Å². The summed E-state index contributed by atoms with van der Waals surface area (Å²) in [5.41, 5.74) is 1.30. The molecule has 4 nitrogen and oxygen atoms in total. The van der Waals surface area contributed by atoms with Crippen LogP contribution in [0.4, 0.5) is 0 Å². The van der Waals surface area contributed by atoms with Crippen molar-refractivity contribution < 1.29 is 9.53 Å². The summed E-state index contributed by atoms with van der Waals surface area (Å²) in [4.78, 5) is 16.7. The minimum atomic E-state index is 0.321. The van der Waals surface area contributed by atoms with Crippen LogP contribution in [0.1, 0.15) is 31.2 Å². The number of likely N-dealkylation sites (N-methyl/N-ethyl adjacent to an activating group) is 1. The Morgan fingerprint density at radius 3 is 2.64 bits per heavy atom. The third kappa shape index (κ3) is 3.61. The maximum Gasteiger partial charge on any atom is 0.225 e. The van der Waals surface area contributed by atoms with E-state index in [9.17, 15) is 4.79 Å². The SMILES string of the molecule is COc1ccc(CN2CCCC(N(C)C(=O)C3CC3)C2)cc1. The summed E-state index contributed by atoms with van der Waals surface area (Å²) in [6, 6.07) is 8.65.